The van der Waals surface area contributed by atoms with Crippen molar-refractivity contribution in [3.8, 4) is 5.75 Å². The van der Waals surface area contributed by atoms with Crippen LogP contribution in [0.25, 0.3) is 0 Å². The molecule has 0 radical (unpaired) electrons. The molecule has 2 aromatic rings. The highest BCUT2D eigenvalue weighted by molar-refractivity contribution is 7.89. The Bertz CT molecular complexity index is 623. The molecule has 1 unspecified atom stereocenters. The smallest absolute Gasteiger partial charge is 0.241 e. The molecule has 1 aromatic carbocycles. The van der Waals surface area contributed by atoms with Crippen LogP contribution in [-0.4, -0.2) is 18.5 Å². The fourth-order valence-corrected chi connectivity index (χ4v) is 3.42. The van der Waals surface area contributed by atoms with Gasteiger partial charge in [0, 0.05) is 11.6 Å². The lowest BCUT2D eigenvalue weighted by Crippen LogP contribution is -2.26. The van der Waals surface area contributed by atoms with Crippen LogP contribution in [0.2, 0.25) is 0 Å². The van der Waals surface area contributed by atoms with E-state index >= 15 is 0 Å². The first-order valence-electron chi connectivity index (χ1n) is 5.20. The average molecular weight is 284 g/mol. The molecule has 5 nitrogen and oxygen atoms in total. The summed E-state index contributed by atoms with van der Waals surface area (Å²) in [6.07, 6.45) is 1.62. The van der Waals surface area contributed by atoms with Crippen LogP contribution in [0.5, 0.6) is 5.75 Å². The zero-order valence-electron chi connectivity index (χ0n) is 9.57. The van der Waals surface area contributed by atoms with Crippen molar-refractivity contribution in [3.63, 3.8) is 0 Å². The molecule has 0 fully saturated rings. The predicted molar refractivity (Wildman–Crippen MR) is 69.0 cm³/mol. The highest BCUT2D eigenvalue weighted by atomic mass is 32.2. The van der Waals surface area contributed by atoms with Crippen molar-refractivity contribution in [2.45, 2.75) is 17.9 Å². The van der Waals surface area contributed by atoms with Crippen LogP contribution < -0.4 is 4.72 Å². The number of hydrogen-bond donors (Lipinski definition) is 2. The Morgan fingerprint density at radius 1 is 1.44 bits per heavy atom. The number of sulfonamides is 1. The predicted octanol–water partition coefficient (Wildman–Crippen LogP) is 1.89. The number of nitrogens with zero attached hydrogens (tertiary/aromatic N) is 1. The lowest BCUT2D eigenvalue weighted by molar-refractivity contribution is 0.473. The molecule has 0 bridgehead atoms. The zero-order chi connectivity index (χ0) is 13.2. The summed E-state index contributed by atoms with van der Waals surface area (Å²) in [6, 6.07) is 5.13. The molecule has 0 amide bonds. The lowest BCUT2D eigenvalue weighted by atomic mass is 10.3. The zero-order valence-corrected chi connectivity index (χ0v) is 11.2. The summed E-state index contributed by atoms with van der Waals surface area (Å²) in [5, 5.41) is 11.8. The van der Waals surface area contributed by atoms with Crippen molar-refractivity contribution in [1.82, 2.24) is 9.71 Å². The summed E-state index contributed by atoms with van der Waals surface area (Å²) in [5.41, 5.74) is 0. The van der Waals surface area contributed by atoms with Crippen LogP contribution in [0, 0.1) is 0 Å². The van der Waals surface area contributed by atoms with Crippen molar-refractivity contribution in [2.75, 3.05) is 0 Å². The average Bonchev–Trinajstić information content (AvgIpc) is 2.82. The standard InChI is InChI=1S/C11H12N2O3S2/c1-8(11-12-5-6-17-11)13-18(15,16)10-4-2-3-9(14)7-10/h2-8,13-14H,1H3. The van der Waals surface area contributed by atoms with Gasteiger partial charge >= 0.3 is 0 Å². The fraction of sp³-hybridized carbons (Fsp3) is 0.182. The molecule has 2 N–H and O–H groups in total. The number of nitrogens with one attached hydrogen (secondary N) is 1. The lowest BCUT2D eigenvalue weighted by Gasteiger charge is -2.11. The van der Waals surface area contributed by atoms with E-state index in [0.29, 0.717) is 5.01 Å². The van der Waals surface area contributed by atoms with E-state index in [4.69, 9.17) is 0 Å². The normalized spacial score (nSPS) is 13.4. The molecule has 0 saturated carbocycles. The van der Waals surface area contributed by atoms with Crippen LogP contribution >= 0.6 is 11.3 Å². The molecule has 1 heterocycles. The second-order valence-corrected chi connectivity index (χ2v) is 6.35. The van der Waals surface area contributed by atoms with Crippen LogP contribution in [0.4, 0.5) is 0 Å². The Labute approximate surface area is 109 Å². The van der Waals surface area contributed by atoms with E-state index < -0.39 is 16.1 Å². The Morgan fingerprint density at radius 3 is 2.83 bits per heavy atom. The highest BCUT2D eigenvalue weighted by Gasteiger charge is 2.19. The van der Waals surface area contributed by atoms with Gasteiger partial charge in [0.15, 0.2) is 0 Å². The van der Waals surface area contributed by atoms with Crippen molar-refractivity contribution >= 4 is 21.4 Å². The Hall–Kier alpha value is -1.44. The Kier molecular flexibility index (Phi) is 3.65. The van der Waals surface area contributed by atoms with Crippen LogP contribution in [-0.2, 0) is 10.0 Å². The third-order valence-electron chi connectivity index (χ3n) is 2.28. The number of benzene rings is 1. The van der Waals surface area contributed by atoms with Crippen molar-refractivity contribution < 1.29 is 13.5 Å². The first-order chi connectivity index (χ1) is 8.49. The van der Waals surface area contributed by atoms with Gasteiger partial charge in [-0.2, -0.15) is 0 Å². The molecule has 0 aliphatic heterocycles. The molecule has 7 heteroatoms. The van der Waals surface area contributed by atoms with Gasteiger partial charge in [-0.15, -0.1) is 11.3 Å². The minimum atomic E-state index is -3.65. The SMILES string of the molecule is CC(NS(=O)(=O)c1cccc(O)c1)c1nccs1. The molecule has 96 valence electrons. The van der Waals surface area contributed by atoms with Gasteiger partial charge in [0.25, 0.3) is 0 Å². The number of phenolic OH excluding ortho intramolecular Hbond substituents is 1. The van der Waals surface area contributed by atoms with E-state index in [1.54, 1.807) is 18.5 Å². The van der Waals surface area contributed by atoms with Crippen LogP contribution in [0.3, 0.4) is 0 Å². The third-order valence-corrected chi connectivity index (χ3v) is 4.78. The van der Waals surface area contributed by atoms with Gasteiger partial charge in [-0.1, -0.05) is 6.07 Å². The number of aromatic hydroxyl groups is 1. The van der Waals surface area contributed by atoms with Gasteiger partial charge in [0.05, 0.1) is 10.9 Å². The monoisotopic (exact) mass is 284 g/mol. The second kappa shape index (κ2) is 5.05. The minimum absolute atomic E-state index is 0.0332. The van der Waals surface area contributed by atoms with Crippen molar-refractivity contribution in [3.05, 3.63) is 40.8 Å². The quantitative estimate of drug-likeness (QED) is 0.898. The summed E-state index contributed by atoms with van der Waals surface area (Å²) < 4.78 is 26.6. The molecule has 0 spiro atoms. The second-order valence-electron chi connectivity index (χ2n) is 3.71. The number of phenols is 1. The molecule has 0 aliphatic rings. The summed E-state index contributed by atoms with van der Waals surface area (Å²) >= 11 is 1.38. The summed E-state index contributed by atoms with van der Waals surface area (Å²) in [5.74, 6) is -0.0835. The molecule has 0 aliphatic carbocycles. The minimum Gasteiger partial charge on any atom is -0.508 e. The summed E-state index contributed by atoms with van der Waals surface area (Å²) in [7, 11) is -3.65. The third kappa shape index (κ3) is 2.87. The van der Waals surface area contributed by atoms with Gasteiger partial charge in [0.2, 0.25) is 10.0 Å². The van der Waals surface area contributed by atoms with E-state index in [2.05, 4.69) is 9.71 Å². The van der Waals surface area contributed by atoms with Gasteiger partial charge in [-0.3, -0.25) is 0 Å². The van der Waals surface area contributed by atoms with E-state index in [0.717, 1.165) is 0 Å². The number of rotatable bonds is 4. The van der Waals surface area contributed by atoms with E-state index in [1.807, 2.05) is 0 Å². The Balaban J connectivity index is 2.22. The topological polar surface area (TPSA) is 79.3 Å². The first-order valence-corrected chi connectivity index (χ1v) is 7.56. The van der Waals surface area contributed by atoms with Gasteiger partial charge in [-0.05, 0) is 25.1 Å². The maximum absolute atomic E-state index is 12.0. The molecule has 18 heavy (non-hydrogen) atoms. The van der Waals surface area contributed by atoms with Gasteiger partial charge in [-0.25, -0.2) is 18.1 Å². The molecule has 0 saturated heterocycles. The molecular weight excluding hydrogens is 272 g/mol. The molecule has 2 rings (SSSR count). The van der Waals surface area contributed by atoms with E-state index in [-0.39, 0.29) is 10.6 Å². The summed E-state index contributed by atoms with van der Waals surface area (Å²) in [6.45, 7) is 1.72. The summed E-state index contributed by atoms with van der Waals surface area (Å²) in [4.78, 5) is 4.09. The van der Waals surface area contributed by atoms with E-state index in [1.165, 1.54) is 35.6 Å². The maximum atomic E-state index is 12.0. The molecule has 1 aromatic heterocycles. The fourth-order valence-electron chi connectivity index (χ4n) is 1.45. The van der Waals surface area contributed by atoms with Crippen LogP contribution in [0.1, 0.15) is 18.0 Å². The van der Waals surface area contributed by atoms with Gasteiger partial charge in [0.1, 0.15) is 10.8 Å². The van der Waals surface area contributed by atoms with Gasteiger partial charge < -0.3 is 5.11 Å². The number of thiazole rings is 1. The Morgan fingerprint density at radius 2 is 2.22 bits per heavy atom. The number of aromatic nitrogens is 1. The molecular formula is C11H12N2O3S2. The van der Waals surface area contributed by atoms with Crippen molar-refractivity contribution in [2.24, 2.45) is 0 Å². The van der Waals surface area contributed by atoms with Crippen LogP contribution in [0.15, 0.2) is 40.7 Å². The molecule has 1 atom stereocenters. The largest absolute Gasteiger partial charge is 0.508 e. The van der Waals surface area contributed by atoms with Crippen molar-refractivity contribution in [1.29, 1.82) is 0 Å². The first kappa shape index (κ1) is 13.0. The maximum Gasteiger partial charge on any atom is 0.241 e. The van der Waals surface area contributed by atoms with E-state index in [9.17, 15) is 13.5 Å². The highest BCUT2D eigenvalue weighted by Crippen LogP contribution is 2.20. The number of hydrogen-bond acceptors (Lipinski definition) is 5.